The average Bonchev–Trinajstić information content (AvgIpc) is 2.26. The molecule has 0 fully saturated rings. The smallest absolute Gasteiger partial charge is 0.0750 e. The van der Waals surface area contributed by atoms with Gasteiger partial charge < -0.3 is 15.8 Å². The van der Waals surface area contributed by atoms with Gasteiger partial charge in [0.15, 0.2) is 0 Å². The second-order valence-electron chi connectivity index (χ2n) is 4.14. The van der Waals surface area contributed by atoms with E-state index in [1.54, 1.807) is 12.4 Å². The summed E-state index contributed by atoms with van der Waals surface area (Å²) in [6.45, 7) is 5.79. The number of hydrogen-bond acceptors (Lipinski definition) is 4. The van der Waals surface area contributed by atoms with E-state index in [0.29, 0.717) is 11.8 Å². The van der Waals surface area contributed by atoms with Gasteiger partial charge in [0.2, 0.25) is 0 Å². The average molecular weight is 302 g/mol. The molecule has 1 heterocycles. The zero-order chi connectivity index (χ0) is 12.7. The molecular formula is C12H20BrN3O. The Bertz CT molecular complexity index is 324. The van der Waals surface area contributed by atoms with Crippen molar-refractivity contribution in [2.45, 2.75) is 32.8 Å². The first-order valence-electron chi connectivity index (χ1n) is 5.85. The molecule has 0 saturated carbocycles. The van der Waals surface area contributed by atoms with E-state index in [2.05, 4.69) is 26.2 Å². The summed E-state index contributed by atoms with van der Waals surface area (Å²) in [7, 11) is 0. The van der Waals surface area contributed by atoms with Crippen molar-refractivity contribution in [3.8, 4) is 0 Å². The fraction of sp³-hybridized carbons (Fsp3) is 0.583. The van der Waals surface area contributed by atoms with Gasteiger partial charge in [0, 0.05) is 19.3 Å². The minimum absolute atomic E-state index is 0.313. The van der Waals surface area contributed by atoms with Crippen LogP contribution in [0.1, 0.15) is 26.7 Å². The predicted octanol–water partition coefficient (Wildman–Crippen LogP) is 3.04. The van der Waals surface area contributed by atoms with Gasteiger partial charge in [-0.05, 0) is 42.6 Å². The Morgan fingerprint density at radius 3 is 2.82 bits per heavy atom. The zero-order valence-electron chi connectivity index (χ0n) is 10.4. The monoisotopic (exact) mass is 301 g/mol. The topological polar surface area (TPSA) is 60.2 Å². The number of pyridine rings is 1. The minimum atomic E-state index is 0.313. The van der Waals surface area contributed by atoms with Crippen LogP contribution in [0.4, 0.5) is 11.4 Å². The van der Waals surface area contributed by atoms with Crippen molar-refractivity contribution < 1.29 is 4.74 Å². The van der Waals surface area contributed by atoms with E-state index in [1.807, 2.05) is 13.8 Å². The number of hydrogen-bond donors (Lipinski definition) is 2. The lowest BCUT2D eigenvalue weighted by Gasteiger charge is -2.11. The normalized spacial score (nSPS) is 10.8. The largest absolute Gasteiger partial charge is 0.396 e. The van der Waals surface area contributed by atoms with Crippen LogP contribution < -0.4 is 11.1 Å². The van der Waals surface area contributed by atoms with Crippen molar-refractivity contribution in [1.82, 2.24) is 4.98 Å². The molecule has 5 heteroatoms. The number of nitrogen functional groups attached to an aromatic ring is 1. The molecule has 1 aromatic heterocycles. The van der Waals surface area contributed by atoms with E-state index in [9.17, 15) is 0 Å². The van der Waals surface area contributed by atoms with Gasteiger partial charge in [-0.1, -0.05) is 0 Å². The standard InChI is InChI=1S/C12H20BrN3O/c1-9(2)17-6-4-3-5-16-12-10(13)7-15-8-11(12)14/h7-9H,3-6,14H2,1-2H3,(H,15,16). The lowest BCUT2D eigenvalue weighted by molar-refractivity contribution is 0.0765. The van der Waals surface area contributed by atoms with Gasteiger partial charge in [-0.2, -0.15) is 0 Å². The highest BCUT2D eigenvalue weighted by atomic mass is 79.9. The van der Waals surface area contributed by atoms with Gasteiger partial charge in [0.1, 0.15) is 0 Å². The van der Waals surface area contributed by atoms with E-state index in [4.69, 9.17) is 10.5 Å². The van der Waals surface area contributed by atoms with Crippen molar-refractivity contribution in [2.75, 3.05) is 24.2 Å². The SMILES string of the molecule is CC(C)OCCCCNc1c(N)cncc1Br. The van der Waals surface area contributed by atoms with E-state index in [-0.39, 0.29) is 0 Å². The van der Waals surface area contributed by atoms with Crippen LogP contribution >= 0.6 is 15.9 Å². The number of aromatic nitrogens is 1. The molecule has 17 heavy (non-hydrogen) atoms. The van der Waals surface area contributed by atoms with Gasteiger partial charge in [0.05, 0.1) is 28.1 Å². The van der Waals surface area contributed by atoms with Crippen LogP contribution in [0.2, 0.25) is 0 Å². The van der Waals surface area contributed by atoms with Gasteiger partial charge in [0.25, 0.3) is 0 Å². The van der Waals surface area contributed by atoms with Crippen LogP contribution in [-0.2, 0) is 4.74 Å². The van der Waals surface area contributed by atoms with Gasteiger partial charge >= 0.3 is 0 Å². The highest BCUT2D eigenvalue weighted by Gasteiger charge is 2.03. The fourth-order valence-corrected chi connectivity index (χ4v) is 1.88. The highest BCUT2D eigenvalue weighted by molar-refractivity contribution is 9.10. The summed E-state index contributed by atoms with van der Waals surface area (Å²) in [6.07, 6.45) is 5.80. The Balaban J connectivity index is 2.22. The van der Waals surface area contributed by atoms with E-state index >= 15 is 0 Å². The maximum Gasteiger partial charge on any atom is 0.0750 e. The molecule has 0 amide bonds. The summed E-state index contributed by atoms with van der Waals surface area (Å²) in [5.74, 6) is 0. The molecule has 0 unspecified atom stereocenters. The number of rotatable bonds is 7. The lowest BCUT2D eigenvalue weighted by Crippen LogP contribution is -2.08. The summed E-state index contributed by atoms with van der Waals surface area (Å²) in [5.41, 5.74) is 7.41. The second-order valence-corrected chi connectivity index (χ2v) is 4.99. The van der Waals surface area contributed by atoms with E-state index in [0.717, 1.165) is 36.2 Å². The molecule has 0 bridgehead atoms. The number of halogens is 1. The van der Waals surface area contributed by atoms with Gasteiger partial charge in [-0.25, -0.2) is 0 Å². The molecule has 0 aliphatic heterocycles. The molecule has 96 valence electrons. The number of nitrogens with zero attached hydrogens (tertiary/aromatic N) is 1. The third kappa shape index (κ3) is 5.37. The summed E-state index contributed by atoms with van der Waals surface area (Å²) in [6, 6.07) is 0. The Morgan fingerprint density at radius 1 is 1.41 bits per heavy atom. The Kier molecular flexibility index (Phi) is 6.29. The van der Waals surface area contributed by atoms with Crippen molar-refractivity contribution in [1.29, 1.82) is 0 Å². The number of nitrogens with one attached hydrogen (secondary N) is 1. The second kappa shape index (κ2) is 7.50. The minimum Gasteiger partial charge on any atom is -0.396 e. The highest BCUT2D eigenvalue weighted by Crippen LogP contribution is 2.26. The number of unbranched alkanes of at least 4 members (excludes halogenated alkanes) is 1. The Morgan fingerprint density at radius 2 is 2.18 bits per heavy atom. The number of anilines is 2. The van der Waals surface area contributed by atoms with Crippen LogP contribution in [0.5, 0.6) is 0 Å². The number of ether oxygens (including phenoxy) is 1. The van der Waals surface area contributed by atoms with Crippen LogP contribution in [-0.4, -0.2) is 24.2 Å². The summed E-state index contributed by atoms with van der Waals surface area (Å²) >= 11 is 3.42. The van der Waals surface area contributed by atoms with Crippen molar-refractivity contribution in [3.63, 3.8) is 0 Å². The maximum absolute atomic E-state index is 5.82. The molecule has 0 aliphatic carbocycles. The zero-order valence-corrected chi connectivity index (χ0v) is 12.0. The predicted molar refractivity (Wildman–Crippen MR) is 75.2 cm³/mol. The van der Waals surface area contributed by atoms with E-state index < -0.39 is 0 Å². The first-order chi connectivity index (χ1) is 8.11. The maximum atomic E-state index is 5.82. The van der Waals surface area contributed by atoms with Crippen molar-refractivity contribution in [2.24, 2.45) is 0 Å². The fourth-order valence-electron chi connectivity index (χ4n) is 1.40. The molecule has 0 radical (unpaired) electrons. The van der Waals surface area contributed by atoms with Crippen LogP contribution in [0.25, 0.3) is 0 Å². The first kappa shape index (κ1) is 14.3. The van der Waals surface area contributed by atoms with Gasteiger partial charge in [-0.3, -0.25) is 4.98 Å². The molecule has 0 spiro atoms. The van der Waals surface area contributed by atoms with E-state index in [1.165, 1.54) is 0 Å². The summed E-state index contributed by atoms with van der Waals surface area (Å²) in [5, 5.41) is 3.30. The first-order valence-corrected chi connectivity index (χ1v) is 6.65. The van der Waals surface area contributed by atoms with Crippen molar-refractivity contribution >= 4 is 27.3 Å². The third-order valence-corrected chi connectivity index (χ3v) is 2.85. The Hall–Kier alpha value is -0.810. The number of nitrogens with two attached hydrogens (primary N) is 1. The summed E-state index contributed by atoms with van der Waals surface area (Å²) in [4.78, 5) is 3.99. The van der Waals surface area contributed by atoms with Crippen LogP contribution in [0.3, 0.4) is 0 Å². The quantitative estimate of drug-likeness (QED) is 0.760. The third-order valence-electron chi connectivity index (χ3n) is 2.25. The lowest BCUT2D eigenvalue weighted by atomic mass is 10.3. The molecule has 4 nitrogen and oxygen atoms in total. The van der Waals surface area contributed by atoms with Crippen LogP contribution in [0.15, 0.2) is 16.9 Å². The molecule has 0 aliphatic rings. The van der Waals surface area contributed by atoms with Crippen LogP contribution in [0, 0.1) is 0 Å². The van der Waals surface area contributed by atoms with Gasteiger partial charge in [-0.15, -0.1) is 0 Å². The molecule has 0 atom stereocenters. The molecular weight excluding hydrogens is 282 g/mol. The molecule has 0 saturated heterocycles. The van der Waals surface area contributed by atoms with Crippen molar-refractivity contribution in [3.05, 3.63) is 16.9 Å². The molecule has 1 rings (SSSR count). The molecule has 3 N–H and O–H groups in total. The molecule has 0 aromatic carbocycles. The molecule has 1 aromatic rings. The summed E-state index contributed by atoms with van der Waals surface area (Å²) < 4.78 is 6.37. The Labute approximate surface area is 111 Å².